The van der Waals surface area contributed by atoms with Crippen LogP contribution in [0.3, 0.4) is 0 Å². The van der Waals surface area contributed by atoms with Gasteiger partial charge >= 0.3 is 5.97 Å². The van der Waals surface area contributed by atoms with Gasteiger partial charge in [0.15, 0.2) is 5.82 Å². The lowest BCUT2D eigenvalue weighted by atomic mass is 9.94. The summed E-state index contributed by atoms with van der Waals surface area (Å²) in [5, 5.41) is 11.9. The van der Waals surface area contributed by atoms with Crippen LogP contribution in [0.2, 0.25) is 5.02 Å². The predicted octanol–water partition coefficient (Wildman–Crippen LogP) is 9.21. The first-order valence-corrected chi connectivity index (χ1v) is 20.0. The number of fused-ring (bicyclic) bond motifs is 6. The van der Waals surface area contributed by atoms with Crippen molar-refractivity contribution in [3.05, 3.63) is 136 Å². The standard InChI is InChI=1S/C45H39ClFN5O6S/c1-26-33-14-11-29(40(26)46)23-52(18-19-55-2)22-27-8-15-35(57-24-32-16-17-48-42(51-32)34-6-4-5-7-36(34)56-3)30(20-27)21-37(45(53)54)58-43-39-38(33)41(59-44(39)50-25-49-43)28-9-12-31(47)13-10-28/h4-17,20,25,37H,18-19,21-24H2,1-3H3,(H,53,54)/t37-/m1/s1. The molecule has 4 aromatic carbocycles. The fourth-order valence-corrected chi connectivity index (χ4v) is 8.64. The van der Waals surface area contributed by atoms with Crippen molar-refractivity contribution >= 4 is 39.1 Å². The first-order valence-electron chi connectivity index (χ1n) is 18.8. The smallest absolute Gasteiger partial charge is 0.345 e. The number of para-hydroxylation sites is 1. The Bertz CT molecular complexity index is 2660. The van der Waals surface area contributed by atoms with E-state index in [0.29, 0.717) is 75.6 Å². The van der Waals surface area contributed by atoms with Crippen molar-refractivity contribution in [2.24, 2.45) is 0 Å². The molecule has 0 fully saturated rings. The van der Waals surface area contributed by atoms with Gasteiger partial charge < -0.3 is 24.1 Å². The molecular weight excluding hydrogens is 793 g/mol. The number of aliphatic carboxylic acids is 1. The molecule has 11 nitrogen and oxygen atoms in total. The second kappa shape index (κ2) is 17.5. The summed E-state index contributed by atoms with van der Waals surface area (Å²) in [6.07, 6.45) is 1.59. The maximum absolute atomic E-state index is 14.2. The number of carboxylic acids is 1. The summed E-state index contributed by atoms with van der Waals surface area (Å²) in [5.74, 6) is 0.149. The fraction of sp³-hybridized carbons (Fsp3) is 0.222. The van der Waals surface area contributed by atoms with Crippen LogP contribution in [0.1, 0.15) is 27.9 Å². The Kier molecular flexibility index (Phi) is 11.8. The van der Waals surface area contributed by atoms with Gasteiger partial charge in [0.05, 0.1) is 30.4 Å². The minimum atomic E-state index is -1.38. The first-order chi connectivity index (χ1) is 28.7. The van der Waals surface area contributed by atoms with E-state index in [2.05, 4.69) is 19.9 Å². The molecule has 0 spiro atoms. The molecule has 0 amide bonds. The van der Waals surface area contributed by atoms with E-state index in [1.165, 1.54) is 29.8 Å². The molecule has 59 heavy (non-hydrogen) atoms. The number of carboxylic acid groups (broad SMARTS) is 1. The van der Waals surface area contributed by atoms with Crippen molar-refractivity contribution in [2.75, 3.05) is 27.4 Å². The summed E-state index contributed by atoms with van der Waals surface area (Å²) in [4.78, 5) is 35.1. The first kappa shape index (κ1) is 39.8. The maximum atomic E-state index is 14.2. The molecule has 1 N–H and O–H groups in total. The van der Waals surface area contributed by atoms with Crippen molar-refractivity contribution in [1.29, 1.82) is 0 Å². The average molecular weight is 832 g/mol. The number of rotatable bonds is 10. The lowest BCUT2D eigenvalue weighted by Gasteiger charge is -2.25. The van der Waals surface area contributed by atoms with E-state index in [4.69, 9.17) is 35.5 Å². The largest absolute Gasteiger partial charge is 0.496 e. The summed E-state index contributed by atoms with van der Waals surface area (Å²) in [7, 11) is 3.26. The van der Waals surface area contributed by atoms with E-state index >= 15 is 0 Å². The van der Waals surface area contributed by atoms with Crippen LogP contribution in [-0.4, -0.2) is 69.4 Å². The Labute approximate surface area is 349 Å². The molecule has 3 aromatic heterocycles. The number of carbonyl (C=O) groups is 1. The average Bonchev–Trinajstić information content (AvgIpc) is 3.64. The van der Waals surface area contributed by atoms with Crippen LogP contribution in [0, 0.1) is 12.7 Å². The molecule has 4 bridgehead atoms. The van der Waals surface area contributed by atoms with Crippen LogP contribution in [0.5, 0.6) is 17.4 Å². The van der Waals surface area contributed by atoms with Crippen molar-refractivity contribution < 1.29 is 33.2 Å². The molecule has 7 aromatic rings. The van der Waals surface area contributed by atoms with Crippen molar-refractivity contribution in [2.45, 2.75) is 39.1 Å². The highest BCUT2D eigenvalue weighted by atomic mass is 35.5. The van der Waals surface area contributed by atoms with E-state index in [9.17, 15) is 14.3 Å². The molecule has 9 rings (SSSR count). The summed E-state index contributed by atoms with van der Waals surface area (Å²) in [6.45, 7) is 4.16. The SMILES string of the molecule is COCCN1Cc2ccc(OCc3ccnc(-c4ccccc4OC)n3)c(c2)C[C@H](C(=O)O)Oc2ncnc3sc(-c4ccc(F)cc4)c(c23)-c2ccc(c(Cl)c2C)C1. The molecular formula is C45H39ClFN5O6S. The van der Waals surface area contributed by atoms with Crippen LogP contribution in [0.25, 0.3) is 43.2 Å². The van der Waals surface area contributed by atoms with Gasteiger partial charge in [-0.25, -0.2) is 29.1 Å². The summed E-state index contributed by atoms with van der Waals surface area (Å²) >= 11 is 8.61. The van der Waals surface area contributed by atoms with Gasteiger partial charge in [-0.2, -0.15) is 0 Å². The van der Waals surface area contributed by atoms with E-state index < -0.39 is 12.1 Å². The molecule has 1 atom stereocenters. The molecule has 0 radical (unpaired) electrons. The molecule has 5 heterocycles. The van der Waals surface area contributed by atoms with Gasteiger partial charge in [-0.05, 0) is 76.7 Å². The van der Waals surface area contributed by atoms with E-state index in [1.54, 1.807) is 38.6 Å². The predicted molar refractivity (Wildman–Crippen MR) is 225 cm³/mol. The number of nitrogens with zero attached hydrogens (tertiary/aromatic N) is 5. The van der Waals surface area contributed by atoms with Gasteiger partial charge in [0.1, 0.15) is 35.1 Å². The number of thiophene rings is 1. The molecule has 0 saturated heterocycles. The van der Waals surface area contributed by atoms with Gasteiger partial charge in [-0.15, -0.1) is 11.3 Å². The lowest BCUT2D eigenvalue weighted by Crippen LogP contribution is -2.30. The van der Waals surface area contributed by atoms with Crippen molar-refractivity contribution in [3.8, 4) is 50.3 Å². The number of ether oxygens (including phenoxy) is 4. The Balaban J connectivity index is 1.23. The van der Waals surface area contributed by atoms with Gasteiger partial charge in [-0.3, -0.25) is 4.90 Å². The fourth-order valence-electron chi connectivity index (χ4n) is 7.26. The maximum Gasteiger partial charge on any atom is 0.345 e. The van der Waals surface area contributed by atoms with Crippen LogP contribution in [-0.2, 0) is 35.6 Å². The Morgan fingerprint density at radius 1 is 0.966 bits per heavy atom. The summed E-state index contributed by atoms with van der Waals surface area (Å²) in [6, 6.07) is 25.3. The van der Waals surface area contributed by atoms with Crippen LogP contribution < -0.4 is 14.2 Å². The van der Waals surface area contributed by atoms with Crippen LogP contribution in [0.15, 0.2) is 97.5 Å². The lowest BCUT2D eigenvalue weighted by molar-refractivity contribution is -0.145. The molecule has 14 heteroatoms. The van der Waals surface area contributed by atoms with Crippen molar-refractivity contribution in [1.82, 2.24) is 24.8 Å². The van der Waals surface area contributed by atoms with Gasteiger partial charge in [0.2, 0.25) is 12.0 Å². The molecule has 0 saturated carbocycles. The second-order valence-corrected chi connectivity index (χ2v) is 15.4. The molecule has 0 unspecified atom stereocenters. The summed E-state index contributed by atoms with van der Waals surface area (Å²) < 4.78 is 38.0. The summed E-state index contributed by atoms with van der Waals surface area (Å²) in [5.41, 5.74) is 6.91. The normalized spacial score (nSPS) is 14.3. The third-order valence-electron chi connectivity index (χ3n) is 10.2. The number of aromatic nitrogens is 4. The second-order valence-electron chi connectivity index (χ2n) is 14.0. The number of benzene rings is 4. The van der Waals surface area contributed by atoms with E-state index in [-0.39, 0.29) is 24.7 Å². The Morgan fingerprint density at radius 3 is 2.59 bits per heavy atom. The van der Waals surface area contributed by atoms with Gasteiger partial charge in [0, 0.05) is 54.8 Å². The van der Waals surface area contributed by atoms with Crippen LogP contribution >= 0.6 is 22.9 Å². The minimum absolute atomic E-state index is 0.0544. The van der Waals surface area contributed by atoms with Gasteiger partial charge in [-0.1, -0.05) is 60.1 Å². The van der Waals surface area contributed by atoms with E-state index in [0.717, 1.165) is 38.3 Å². The number of hydrogen-bond acceptors (Lipinski definition) is 11. The number of halogens is 2. The molecule has 2 aliphatic rings. The quantitative estimate of drug-likeness (QED) is 0.142. The van der Waals surface area contributed by atoms with Crippen molar-refractivity contribution in [3.63, 3.8) is 0 Å². The number of methoxy groups -OCH3 is 2. The third kappa shape index (κ3) is 8.46. The minimum Gasteiger partial charge on any atom is -0.496 e. The third-order valence-corrected chi connectivity index (χ3v) is 11.9. The topological polar surface area (TPSA) is 129 Å². The van der Waals surface area contributed by atoms with Gasteiger partial charge in [0.25, 0.3) is 0 Å². The highest BCUT2D eigenvalue weighted by Crippen LogP contribution is 2.49. The van der Waals surface area contributed by atoms with E-state index in [1.807, 2.05) is 61.5 Å². The zero-order chi connectivity index (χ0) is 41.0. The molecule has 0 aliphatic carbocycles. The Morgan fingerprint density at radius 2 is 1.80 bits per heavy atom. The highest BCUT2D eigenvalue weighted by Gasteiger charge is 2.29. The zero-order valence-electron chi connectivity index (χ0n) is 32.4. The number of hydrogen-bond donors (Lipinski definition) is 1. The molecule has 2 aliphatic heterocycles. The van der Waals surface area contributed by atoms with Crippen LogP contribution in [0.4, 0.5) is 4.39 Å². The monoisotopic (exact) mass is 831 g/mol. The Hall–Kier alpha value is -5.99. The zero-order valence-corrected chi connectivity index (χ0v) is 34.0. The molecule has 300 valence electrons. The highest BCUT2D eigenvalue weighted by molar-refractivity contribution is 7.22.